The average molecular weight is 481 g/mol. The van der Waals surface area contributed by atoms with Crippen molar-refractivity contribution in [2.75, 3.05) is 38.1 Å². The fraction of sp³-hybridized carbons (Fsp3) is 0.450. The van der Waals surface area contributed by atoms with E-state index in [0.717, 1.165) is 5.56 Å². The lowest BCUT2D eigenvalue weighted by Gasteiger charge is -2.34. The van der Waals surface area contributed by atoms with Gasteiger partial charge in [0.15, 0.2) is 5.13 Å². The first-order valence-electron chi connectivity index (χ1n) is 10.2. The summed E-state index contributed by atoms with van der Waals surface area (Å²) in [7, 11) is -2.02. The minimum absolute atomic E-state index is 0.111. The maximum atomic E-state index is 13.6. The van der Waals surface area contributed by atoms with Gasteiger partial charge in [0.1, 0.15) is 12.1 Å². The first-order chi connectivity index (χ1) is 15.2. The summed E-state index contributed by atoms with van der Waals surface area (Å²) in [6.07, 6.45) is 1.62. The third-order valence-corrected chi connectivity index (χ3v) is 7.73. The van der Waals surface area contributed by atoms with Crippen LogP contribution in [-0.2, 0) is 26.2 Å². The number of amides is 2. The van der Waals surface area contributed by atoms with Crippen molar-refractivity contribution in [3.8, 4) is 0 Å². The van der Waals surface area contributed by atoms with Crippen molar-refractivity contribution in [1.29, 1.82) is 0 Å². The molecule has 0 aliphatic carbocycles. The zero-order valence-corrected chi connectivity index (χ0v) is 19.7. The van der Waals surface area contributed by atoms with Gasteiger partial charge in [-0.3, -0.25) is 14.5 Å². The van der Waals surface area contributed by atoms with E-state index in [2.05, 4.69) is 9.71 Å². The summed E-state index contributed by atoms with van der Waals surface area (Å²) in [6.45, 7) is 3.35. The molecule has 0 radical (unpaired) electrons. The number of carbonyl (C=O) groups is 2. The zero-order valence-electron chi connectivity index (χ0n) is 18.0. The van der Waals surface area contributed by atoms with Crippen LogP contribution < -0.4 is 15.4 Å². The molecule has 174 valence electrons. The van der Waals surface area contributed by atoms with Crippen molar-refractivity contribution in [2.24, 2.45) is 5.73 Å². The SMILES string of the molecule is C[C@@H](C(N)=O)N(C(=O)[C@H](Cc1ccccc1)NS(=O)(=O)N1CCN(C)CC1)c1nccs1. The van der Waals surface area contributed by atoms with Crippen molar-refractivity contribution < 1.29 is 18.0 Å². The molecule has 12 heteroatoms. The third-order valence-electron chi connectivity index (χ3n) is 5.34. The maximum absolute atomic E-state index is 13.6. The summed E-state index contributed by atoms with van der Waals surface area (Å²) < 4.78 is 30.2. The van der Waals surface area contributed by atoms with Crippen LogP contribution in [0.2, 0.25) is 0 Å². The number of carbonyl (C=O) groups excluding carboxylic acids is 2. The molecule has 1 aromatic heterocycles. The second-order valence-electron chi connectivity index (χ2n) is 7.67. The van der Waals surface area contributed by atoms with Crippen LogP contribution in [-0.4, -0.2) is 79.7 Å². The van der Waals surface area contributed by atoms with E-state index in [9.17, 15) is 18.0 Å². The number of nitrogens with one attached hydrogen (secondary N) is 1. The lowest BCUT2D eigenvalue weighted by molar-refractivity contribution is -0.125. The molecule has 1 aliphatic rings. The average Bonchev–Trinajstić information content (AvgIpc) is 3.28. The Hall–Kier alpha value is -2.38. The van der Waals surface area contributed by atoms with E-state index in [0.29, 0.717) is 26.2 Å². The van der Waals surface area contributed by atoms with Crippen LogP contribution in [0.25, 0.3) is 0 Å². The molecule has 1 aromatic carbocycles. The van der Waals surface area contributed by atoms with Gasteiger partial charge in [-0.2, -0.15) is 17.4 Å². The lowest BCUT2D eigenvalue weighted by Crippen LogP contribution is -2.58. The van der Waals surface area contributed by atoms with Crippen LogP contribution in [0.1, 0.15) is 12.5 Å². The van der Waals surface area contributed by atoms with Crippen LogP contribution in [0.4, 0.5) is 5.13 Å². The lowest BCUT2D eigenvalue weighted by atomic mass is 10.1. The van der Waals surface area contributed by atoms with Crippen molar-refractivity contribution in [2.45, 2.75) is 25.4 Å². The molecule has 0 unspecified atom stereocenters. The number of likely N-dealkylation sites (N-methyl/N-ethyl adjacent to an activating group) is 1. The molecule has 0 saturated carbocycles. The number of rotatable bonds is 9. The van der Waals surface area contributed by atoms with Gasteiger partial charge in [-0.05, 0) is 26.0 Å². The number of aromatic nitrogens is 1. The molecule has 2 atom stereocenters. The van der Waals surface area contributed by atoms with Gasteiger partial charge >= 0.3 is 0 Å². The molecular weight excluding hydrogens is 452 g/mol. The fourth-order valence-corrected chi connectivity index (χ4v) is 5.46. The summed E-state index contributed by atoms with van der Waals surface area (Å²) in [5, 5.41) is 1.95. The first kappa shape index (κ1) is 24.3. The summed E-state index contributed by atoms with van der Waals surface area (Å²) >= 11 is 1.17. The molecule has 0 bridgehead atoms. The number of piperazine rings is 1. The molecule has 0 spiro atoms. The zero-order chi connectivity index (χ0) is 23.3. The molecule has 10 nitrogen and oxygen atoms in total. The van der Waals surface area contributed by atoms with Crippen molar-refractivity contribution >= 4 is 38.5 Å². The van der Waals surface area contributed by atoms with Gasteiger partial charge in [-0.1, -0.05) is 30.3 Å². The van der Waals surface area contributed by atoms with Gasteiger partial charge < -0.3 is 10.6 Å². The van der Waals surface area contributed by atoms with Crippen LogP contribution in [0.15, 0.2) is 41.9 Å². The molecule has 3 N–H and O–H groups in total. The van der Waals surface area contributed by atoms with E-state index >= 15 is 0 Å². The second-order valence-corrected chi connectivity index (χ2v) is 10.2. The first-order valence-corrected chi connectivity index (χ1v) is 12.5. The van der Waals surface area contributed by atoms with Crippen LogP contribution in [0.3, 0.4) is 0 Å². The molecule has 1 fully saturated rings. The standard InChI is InChI=1S/C20H28N6O4S2/c1-15(18(21)27)26(20-22-8-13-31-20)19(28)17(14-16-6-4-3-5-7-16)23-32(29,30)25-11-9-24(2)10-12-25/h3-8,13,15,17,23H,9-12,14H2,1-2H3,(H2,21,27)/t15-,17-/m0/s1. The summed E-state index contributed by atoms with van der Waals surface area (Å²) in [5.41, 5.74) is 6.26. The Morgan fingerprint density at radius 2 is 1.88 bits per heavy atom. The minimum atomic E-state index is -3.94. The summed E-state index contributed by atoms with van der Waals surface area (Å²) in [6, 6.07) is 6.96. The fourth-order valence-electron chi connectivity index (χ4n) is 3.39. The van der Waals surface area contributed by atoms with E-state index in [1.807, 2.05) is 42.3 Å². The number of hydrogen-bond donors (Lipinski definition) is 2. The maximum Gasteiger partial charge on any atom is 0.280 e. The largest absolute Gasteiger partial charge is 0.368 e. The highest BCUT2D eigenvalue weighted by Gasteiger charge is 2.37. The molecule has 1 saturated heterocycles. The number of nitrogens with zero attached hydrogens (tertiary/aromatic N) is 4. The molecule has 1 aliphatic heterocycles. The van der Waals surface area contributed by atoms with Crippen molar-refractivity contribution in [3.05, 3.63) is 47.5 Å². The Morgan fingerprint density at radius 1 is 1.22 bits per heavy atom. The Morgan fingerprint density at radius 3 is 2.44 bits per heavy atom. The van der Waals surface area contributed by atoms with Crippen molar-refractivity contribution in [3.63, 3.8) is 0 Å². The predicted molar refractivity (Wildman–Crippen MR) is 123 cm³/mol. The number of anilines is 1. The van der Waals surface area contributed by atoms with Crippen LogP contribution in [0.5, 0.6) is 0 Å². The Kier molecular flexibility index (Phi) is 7.96. The predicted octanol–water partition coefficient (Wildman–Crippen LogP) is 0.0430. The quantitative estimate of drug-likeness (QED) is 0.522. The smallest absolute Gasteiger partial charge is 0.280 e. The van der Waals surface area contributed by atoms with Gasteiger partial charge in [-0.15, -0.1) is 11.3 Å². The van der Waals surface area contributed by atoms with Gasteiger partial charge in [0.2, 0.25) is 11.8 Å². The third kappa shape index (κ3) is 5.90. The van der Waals surface area contributed by atoms with E-state index < -0.39 is 34.1 Å². The van der Waals surface area contributed by atoms with Crippen LogP contribution in [0, 0.1) is 0 Å². The number of thiazole rings is 1. The molecule has 3 rings (SSSR count). The number of nitrogens with two attached hydrogens (primary N) is 1. The van der Waals surface area contributed by atoms with Gasteiger partial charge in [-0.25, -0.2) is 4.98 Å². The van der Waals surface area contributed by atoms with Gasteiger partial charge in [0, 0.05) is 37.8 Å². The highest BCUT2D eigenvalue weighted by atomic mass is 32.2. The van der Waals surface area contributed by atoms with E-state index in [-0.39, 0.29) is 11.6 Å². The highest BCUT2D eigenvalue weighted by Crippen LogP contribution is 2.22. The van der Waals surface area contributed by atoms with E-state index in [1.54, 1.807) is 5.38 Å². The summed E-state index contributed by atoms with van der Waals surface area (Å²) in [4.78, 5) is 32.9. The van der Waals surface area contributed by atoms with Gasteiger partial charge in [0.25, 0.3) is 10.2 Å². The normalized spacial score (nSPS) is 17.6. The molecular formula is C20H28N6O4S2. The number of primary amides is 1. The van der Waals surface area contributed by atoms with Gasteiger partial charge in [0.05, 0.1) is 0 Å². The molecule has 32 heavy (non-hydrogen) atoms. The Bertz CT molecular complexity index is 1010. The minimum Gasteiger partial charge on any atom is -0.368 e. The topological polar surface area (TPSA) is 129 Å². The van der Waals surface area contributed by atoms with E-state index in [1.165, 1.54) is 33.7 Å². The molecule has 2 amide bonds. The molecule has 2 heterocycles. The number of hydrogen-bond acceptors (Lipinski definition) is 7. The van der Waals surface area contributed by atoms with Crippen LogP contribution >= 0.6 is 11.3 Å². The Balaban J connectivity index is 1.92. The van der Waals surface area contributed by atoms with E-state index in [4.69, 9.17) is 5.73 Å². The second kappa shape index (κ2) is 10.5. The number of benzene rings is 1. The van der Waals surface area contributed by atoms with Crippen molar-refractivity contribution in [1.82, 2.24) is 18.9 Å². The highest BCUT2D eigenvalue weighted by molar-refractivity contribution is 7.87. The summed E-state index contributed by atoms with van der Waals surface area (Å²) in [5.74, 6) is -1.30. The molecule has 2 aromatic rings. The Labute approximate surface area is 192 Å². The monoisotopic (exact) mass is 480 g/mol.